The molecule has 28 heavy (non-hydrogen) atoms. The van der Waals surface area contributed by atoms with Crippen LogP contribution in [0.15, 0.2) is 36.0 Å². The van der Waals surface area contributed by atoms with Crippen LogP contribution >= 0.6 is 0 Å². The Morgan fingerprint density at radius 2 is 1.82 bits per heavy atom. The van der Waals surface area contributed by atoms with Crippen LogP contribution in [0.3, 0.4) is 0 Å². The molecule has 0 unspecified atom stereocenters. The van der Waals surface area contributed by atoms with Gasteiger partial charge in [-0.1, -0.05) is 30.3 Å². The molecule has 9 heteroatoms. The molecule has 1 aromatic rings. The van der Waals surface area contributed by atoms with Crippen LogP contribution in [0.2, 0.25) is 0 Å². The minimum absolute atomic E-state index is 0.00574. The first-order valence-electron chi connectivity index (χ1n) is 9.14. The lowest BCUT2D eigenvalue weighted by Gasteiger charge is -2.37. The van der Waals surface area contributed by atoms with E-state index in [1.807, 2.05) is 0 Å². The molecule has 152 valence electrons. The van der Waals surface area contributed by atoms with Gasteiger partial charge in [-0.2, -0.15) is 0 Å². The molecule has 2 aliphatic rings. The third kappa shape index (κ3) is 3.58. The smallest absolute Gasteiger partial charge is 0.407 e. The monoisotopic (exact) mass is 407 g/mol. The molecule has 0 atom stereocenters. The van der Waals surface area contributed by atoms with Gasteiger partial charge >= 0.3 is 6.09 Å². The Hall–Kier alpha value is -2.55. The molecule has 1 aromatic carbocycles. The second-order valence-corrected chi connectivity index (χ2v) is 9.81. The molecule has 0 aliphatic carbocycles. The van der Waals surface area contributed by atoms with E-state index in [9.17, 15) is 18.0 Å². The zero-order valence-electron chi connectivity index (χ0n) is 16.2. The minimum Gasteiger partial charge on any atom is -0.465 e. The molecular weight excluding hydrogens is 382 g/mol. The van der Waals surface area contributed by atoms with Crippen molar-refractivity contribution in [3.63, 3.8) is 0 Å². The summed E-state index contributed by atoms with van der Waals surface area (Å²) in [6.45, 7) is 6.36. The van der Waals surface area contributed by atoms with Crippen molar-refractivity contribution in [2.24, 2.45) is 5.92 Å². The highest BCUT2D eigenvalue weighted by atomic mass is 32.2. The standard InChI is InChI=1S/C19H25N3O5S/c1-19(2,3)22-17(23)15(20-10-9-13-11-21(12-13)18(24)25)16(28(22,26)27)14-7-5-4-6-8-14/h4-8,13,20H,9-12H2,1-3H3,(H,24,25). The molecule has 1 saturated heterocycles. The Labute approximate surface area is 164 Å². The lowest BCUT2D eigenvalue weighted by atomic mass is 9.97. The first kappa shape index (κ1) is 20.2. The summed E-state index contributed by atoms with van der Waals surface area (Å²) in [6.07, 6.45) is -0.283. The van der Waals surface area contributed by atoms with Crippen LogP contribution in [-0.2, 0) is 14.8 Å². The van der Waals surface area contributed by atoms with Crippen LogP contribution in [-0.4, -0.2) is 59.9 Å². The third-order valence-electron chi connectivity index (χ3n) is 4.85. The number of nitrogens with one attached hydrogen (secondary N) is 1. The lowest BCUT2D eigenvalue weighted by Crippen LogP contribution is -2.50. The number of amides is 2. The quantitative estimate of drug-likeness (QED) is 0.772. The molecule has 2 N–H and O–H groups in total. The van der Waals surface area contributed by atoms with E-state index in [0.29, 0.717) is 31.6 Å². The van der Waals surface area contributed by atoms with E-state index in [0.717, 1.165) is 4.31 Å². The second-order valence-electron chi connectivity index (χ2n) is 8.08. The largest absolute Gasteiger partial charge is 0.465 e. The van der Waals surface area contributed by atoms with Gasteiger partial charge in [0.05, 0.1) is 5.54 Å². The summed E-state index contributed by atoms with van der Waals surface area (Å²) < 4.78 is 27.3. The van der Waals surface area contributed by atoms with Gasteiger partial charge in [-0.25, -0.2) is 17.5 Å². The topological polar surface area (TPSA) is 107 Å². The first-order chi connectivity index (χ1) is 13.0. The van der Waals surface area contributed by atoms with Crippen molar-refractivity contribution in [3.05, 3.63) is 41.6 Å². The Balaban J connectivity index is 1.84. The Bertz CT molecular complexity index is 913. The second kappa shape index (κ2) is 7.12. The Morgan fingerprint density at radius 1 is 1.21 bits per heavy atom. The van der Waals surface area contributed by atoms with Crippen molar-refractivity contribution in [2.45, 2.75) is 32.7 Å². The van der Waals surface area contributed by atoms with E-state index in [2.05, 4.69) is 5.32 Å². The van der Waals surface area contributed by atoms with Crippen molar-refractivity contribution in [1.82, 2.24) is 14.5 Å². The lowest BCUT2D eigenvalue weighted by molar-refractivity contribution is -0.125. The van der Waals surface area contributed by atoms with Gasteiger partial charge in [0.25, 0.3) is 15.9 Å². The van der Waals surface area contributed by atoms with E-state index < -0.39 is 27.6 Å². The van der Waals surface area contributed by atoms with Crippen LogP contribution in [0.1, 0.15) is 32.8 Å². The summed E-state index contributed by atoms with van der Waals surface area (Å²) in [4.78, 5) is 25.2. The van der Waals surface area contributed by atoms with Gasteiger partial charge in [-0.15, -0.1) is 0 Å². The van der Waals surface area contributed by atoms with Gasteiger partial charge in [0.15, 0.2) is 0 Å². The molecule has 0 bridgehead atoms. The van der Waals surface area contributed by atoms with Gasteiger partial charge in [-0.3, -0.25) is 4.79 Å². The van der Waals surface area contributed by atoms with Gasteiger partial charge in [0.1, 0.15) is 10.6 Å². The SMILES string of the molecule is CC(C)(C)N1C(=O)C(NCCC2CN(C(=O)O)C2)=C(c2ccccc2)S1(=O)=O. The number of hydrogen-bond acceptors (Lipinski definition) is 5. The van der Waals surface area contributed by atoms with Crippen molar-refractivity contribution >= 4 is 26.9 Å². The van der Waals surface area contributed by atoms with E-state index in [1.54, 1.807) is 51.1 Å². The molecule has 8 nitrogen and oxygen atoms in total. The van der Waals surface area contributed by atoms with E-state index in [-0.39, 0.29) is 16.5 Å². The maximum atomic E-state index is 13.2. The van der Waals surface area contributed by atoms with Gasteiger partial charge in [0, 0.05) is 19.6 Å². The van der Waals surface area contributed by atoms with Gasteiger partial charge in [-0.05, 0) is 38.7 Å². The van der Waals surface area contributed by atoms with Crippen LogP contribution in [0.5, 0.6) is 0 Å². The highest BCUT2D eigenvalue weighted by Crippen LogP contribution is 2.38. The highest BCUT2D eigenvalue weighted by Gasteiger charge is 2.49. The van der Waals surface area contributed by atoms with E-state index in [1.165, 1.54) is 4.90 Å². The molecular formula is C19H25N3O5S. The van der Waals surface area contributed by atoms with E-state index >= 15 is 0 Å². The minimum atomic E-state index is -3.98. The first-order valence-corrected chi connectivity index (χ1v) is 10.6. The molecule has 2 heterocycles. The van der Waals surface area contributed by atoms with Crippen molar-refractivity contribution in [1.29, 1.82) is 0 Å². The maximum absolute atomic E-state index is 13.2. The third-order valence-corrected chi connectivity index (χ3v) is 7.00. The molecule has 2 amide bonds. The average molecular weight is 407 g/mol. The number of rotatable bonds is 5. The van der Waals surface area contributed by atoms with Gasteiger partial charge in [0.2, 0.25) is 0 Å². The summed E-state index contributed by atoms with van der Waals surface area (Å²) >= 11 is 0. The molecule has 0 radical (unpaired) electrons. The number of carbonyl (C=O) groups excluding carboxylic acids is 1. The number of likely N-dealkylation sites (tertiary alicyclic amines) is 1. The fraction of sp³-hybridized carbons (Fsp3) is 0.474. The van der Waals surface area contributed by atoms with Crippen LogP contribution in [0.25, 0.3) is 4.91 Å². The van der Waals surface area contributed by atoms with Crippen LogP contribution in [0, 0.1) is 5.92 Å². The van der Waals surface area contributed by atoms with Gasteiger partial charge < -0.3 is 15.3 Å². The molecule has 0 aromatic heterocycles. The average Bonchev–Trinajstić information content (AvgIpc) is 2.74. The summed E-state index contributed by atoms with van der Waals surface area (Å²) in [5.41, 5.74) is -0.351. The number of nitrogens with zero attached hydrogens (tertiary/aromatic N) is 2. The fourth-order valence-electron chi connectivity index (χ4n) is 3.54. The van der Waals surface area contributed by atoms with Crippen molar-refractivity contribution in [2.75, 3.05) is 19.6 Å². The molecule has 2 aliphatic heterocycles. The number of carboxylic acid groups (broad SMARTS) is 1. The Kier molecular flexibility index (Phi) is 5.14. The molecule has 3 rings (SSSR count). The number of carbonyl (C=O) groups is 2. The van der Waals surface area contributed by atoms with Crippen LogP contribution in [0.4, 0.5) is 4.79 Å². The zero-order chi connectivity index (χ0) is 20.7. The predicted octanol–water partition coefficient (Wildman–Crippen LogP) is 1.92. The summed E-state index contributed by atoms with van der Waals surface area (Å²) in [7, 11) is -3.98. The summed E-state index contributed by atoms with van der Waals surface area (Å²) in [5, 5.41) is 11.9. The van der Waals surface area contributed by atoms with E-state index in [4.69, 9.17) is 5.11 Å². The summed E-state index contributed by atoms with van der Waals surface area (Å²) in [6, 6.07) is 8.59. The number of hydrogen-bond donors (Lipinski definition) is 2. The van der Waals surface area contributed by atoms with Crippen molar-refractivity contribution in [3.8, 4) is 0 Å². The highest BCUT2D eigenvalue weighted by molar-refractivity contribution is 7.99. The molecule has 1 fully saturated rings. The predicted molar refractivity (Wildman–Crippen MR) is 105 cm³/mol. The summed E-state index contributed by atoms with van der Waals surface area (Å²) in [5.74, 6) is -0.358. The van der Waals surface area contributed by atoms with Crippen LogP contribution < -0.4 is 5.32 Å². The fourth-order valence-corrected chi connectivity index (χ4v) is 5.61. The zero-order valence-corrected chi connectivity index (χ0v) is 17.0. The van der Waals surface area contributed by atoms with Crippen molar-refractivity contribution < 1.29 is 23.1 Å². The maximum Gasteiger partial charge on any atom is 0.407 e. The number of sulfonamides is 1. The normalized spacial score (nSPS) is 19.8. The number of benzene rings is 1. The molecule has 0 saturated carbocycles. The molecule has 0 spiro atoms. The Morgan fingerprint density at radius 3 is 2.36 bits per heavy atom.